The van der Waals surface area contributed by atoms with Crippen molar-refractivity contribution < 1.29 is 18.7 Å². The Hall–Kier alpha value is -3.72. The van der Waals surface area contributed by atoms with Crippen molar-refractivity contribution in [1.29, 1.82) is 5.26 Å². The smallest absolute Gasteiger partial charge is 0.407 e. The number of anilines is 2. The predicted molar refractivity (Wildman–Crippen MR) is 118 cm³/mol. The first kappa shape index (κ1) is 22.1. The number of H-pyrrole nitrogens is 1. The molecule has 2 aliphatic rings. The lowest BCUT2D eigenvalue weighted by Crippen LogP contribution is -2.38. The van der Waals surface area contributed by atoms with E-state index in [4.69, 9.17) is 9.47 Å². The van der Waals surface area contributed by atoms with E-state index < -0.39 is 24.3 Å². The second-order valence-corrected chi connectivity index (χ2v) is 9.06. The molecule has 1 amide bonds. The molecule has 2 aliphatic carbocycles. The normalized spacial score (nSPS) is 22.9. The highest BCUT2D eigenvalue weighted by atomic mass is 19.1. The summed E-state index contributed by atoms with van der Waals surface area (Å²) in [6.07, 6.45) is 1.81. The average Bonchev–Trinajstić information content (AvgIpc) is 3.14. The SMILES string of the molecule is COCc1cn2c(Nc3cc([C@@H]4CC[C@H](OC(=O)NC5(C)CC5)[C@H]4F)[nH]n3)nc(C#N)cc2n1. The standard InChI is InChI=1S/C22H25FN8O3/c1-22(5-6-22)28-21(32)34-16-4-3-14(19(16)23)15-8-17(30-29-15)27-20-26-12(9-24)7-18-25-13(11-33-2)10-31(18)20/h7-8,10,14,16,19H,3-6,11H2,1-2H3,(H,28,32)(H2,26,27,29,30)/t14-,16-,19-/m0/s1. The Kier molecular flexibility index (Phi) is 5.57. The number of rotatable bonds is 7. The molecule has 3 N–H and O–H groups in total. The quantitative estimate of drug-likeness (QED) is 0.480. The number of methoxy groups -OCH3 is 1. The van der Waals surface area contributed by atoms with Gasteiger partial charge in [0.2, 0.25) is 5.95 Å². The third-order valence-corrected chi connectivity index (χ3v) is 6.31. The van der Waals surface area contributed by atoms with Gasteiger partial charge in [0.1, 0.15) is 29.7 Å². The van der Waals surface area contributed by atoms with Crippen LogP contribution in [0.15, 0.2) is 18.3 Å². The lowest BCUT2D eigenvalue weighted by Gasteiger charge is -2.19. The molecule has 2 saturated carbocycles. The van der Waals surface area contributed by atoms with Gasteiger partial charge in [-0.05, 0) is 32.6 Å². The van der Waals surface area contributed by atoms with E-state index in [-0.39, 0.29) is 11.2 Å². The van der Waals surface area contributed by atoms with Crippen LogP contribution in [-0.4, -0.2) is 55.6 Å². The highest BCUT2D eigenvalue weighted by Crippen LogP contribution is 2.39. The van der Waals surface area contributed by atoms with Gasteiger partial charge in [-0.25, -0.2) is 19.2 Å². The van der Waals surface area contributed by atoms with Crippen LogP contribution in [0.5, 0.6) is 0 Å². The zero-order chi connectivity index (χ0) is 23.9. The van der Waals surface area contributed by atoms with E-state index in [9.17, 15) is 10.1 Å². The number of carbonyl (C=O) groups is 1. The molecule has 2 fully saturated rings. The predicted octanol–water partition coefficient (Wildman–Crippen LogP) is 3.08. The molecule has 0 unspecified atom stereocenters. The summed E-state index contributed by atoms with van der Waals surface area (Å²) in [7, 11) is 1.57. The van der Waals surface area contributed by atoms with Crippen molar-refractivity contribution in [2.45, 2.75) is 62.9 Å². The van der Waals surface area contributed by atoms with Gasteiger partial charge in [0.15, 0.2) is 5.82 Å². The van der Waals surface area contributed by atoms with Crippen LogP contribution in [0.2, 0.25) is 0 Å². The Morgan fingerprint density at radius 3 is 2.94 bits per heavy atom. The molecular weight excluding hydrogens is 443 g/mol. The van der Waals surface area contributed by atoms with Crippen LogP contribution in [0, 0.1) is 11.3 Å². The molecule has 3 heterocycles. The van der Waals surface area contributed by atoms with Gasteiger partial charge in [-0.1, -0.05) is 0 Å². The maximum absolute atomic E-state index is 15.1. The topological polar surface area (TPSA) is 142 Å². The number of alkyl halides is 1. The summed E-state index contributed by atoms with van der Waals surface area (Å²) >= 11 is 0. The van der Waals surface area contributed by atoms with Gasteiger partial charge >= 0.3 is 6.09 Å². The Labute approximate surface area is 194 Å². The first-order chi connectivity index (χ1) is 16.4. The first-order valence-corrected chi connectivity index (χ1v) is 11.1. The summed E-state index contributed by atoms with van der Waals surface area (Å²) in [5, 5.41) is 22.3. The van der Waals surface area contributed by atoms with Crippen molar-refractivity contribution in [3.05, 3.63) is 35.4 Å². The highest BCUT2D eigenvalue weighted by Gasteiger charge is 2.43. The van der Waals surface area contributed by atoms with Crippen molar-refractivity contribution in [2.24, 2.45) is 0 Å². The zero-order valence-corrected chi connectivity index (χ0v) is 18.8. The van der Waals surface area contributed by atoms with E-state index in [0.717, 1.165) is 12.8 Å². The van der Waals surface area contributed by atoms with Gasteiger partial charge in [0.25, 0.3) is 0 Å². The molecule has 34 heavy (non-hydrogen) atoms. The monoisotopic (exact) mass is 468 g/mol. The molecule has 0 saturated heterocycles. The number of nitrogens with zero attached hydrogens (tertiary/aromatic N) is 5. The van der Waals surface area contributed by atoms with E-state index in [2.05, 4.69) is 30.8 Å². The third-order valence-electron chi connectivity index (χ3n) is 6.31. The summed E-state index contributed by atoms with van der Waals surface area (Å²) in [5.74, 6) is 0.283. The van der Waals surface area contributed by atoms with E-state index >= 15 is 4.39 Å². The van der Waals surface area contributed by atoms with Crippen LogP contribution in [0.25, 0.3) is 5.65 Å². The largest absolute Gasteiger partial charge is 0.443 e. The number of aromatic nitrogens is 5. The molecule has 0 aliphatic heterocycles. The zero-order valence-electron chi connectivity index (χ0n) is 18.8. The number of fused-ring (bicyclic) bond motifs is 1. The van der Waals surface area contributed by atoms with Crippen LogP contribution in [0.1, 0.15) is 55.6 Å². The van der Waals surface area contributed by atoms with Gasteiger partial charge in [-0.15, -0.1) is 0 Å². The molecule has 11 nitrogen and oxygen atoms in total. The Bertz CT molecular complexity index is 1260. The number of aromatic amines is 1. The molecule has 3 atom stereocenters. The number of ether oxygens (including phenoxy) is 2. The van der Waals surface area contributed by atoms with Crippen molar-refractivity contribution in [2.75, 3.05) is 12.4 Å². The summed E-state index contributed by atoms with van der Waals surface area (Å²) < 4.78 is 27.3. The molecule has 12 heteroatoms. The summed E-state index contributed by atoms with van der Waals surface area (Å²) in [4.78, 5) is 20.8. The minimum atomic E-state index is -1.34. The van der Waals surface area contributed by atoms with Crippen LogP contribution >= 0.6 is 0 Å². The minimum Gasteiger partial charge on any atom is -0.443 e. The molecule has 3 aromatic heterocycles. The number of amides is 1. The maximum atomic E-state index is 15.1. The fourth-order valence-electron chi connectivity index (χ4n) is 4.21. The lowest BCUT2D eigenvalue weighted by molar-refractivity contribution is 0.0546. The fraction of sp³-hybridized carbons (Fsp3) is 0.500. The number of carbonyl (C=O) groups excluding carboxylic acids is 1. The van der Waals surface area contributed by atoms with E-state index in [1.165, 1.54) is 0 Å². The number of halogens is 1. The lowest BCUT2D eigenvalue weighted by atomic mass is 10.0. The van der Waals surface area contributed by atoms with E-state index in [1.54, 1.807) is 29.8 Å². The van der Waals surface area contributed by atoms with Crippen molar-refractivity contribution in [3.8, 4) is 6.07 Å². The first-order valence-electron chi connectivity index (χ1n) is 11.1. The van der Waals surface area contributed by atoms with E-state index in [1.807, 2.05) is 13.0 Å². The highest BCUT2D eigenvalue weighted by molar-refractivity contribution is 5.69. The summed E-state index contributed by atoms with van der Waals surface area (Å²) in [5.41, 5.74) is 1.79. The number of alkyl carbamates (subject to hydrolysis) is 1. The van der Waals surface area contributed by atoms with Crippen LogP contribution in [0.4, 0.5) is 21.0 Å². The summed E-state index contributed by atoms with van der Waals surface area (Å²) in [6, 6.07) is 5.30. The number of hydrogen-bond acceptors (Lipinski definition) is 8. The Balaban J connectivity index is 1.29. The molecule has 0 aromatic carbocycles. The van der Waals surface area contributed by atoms with Crippen molar-refractivity contribution in [3.63, 3.8) is 0 Å². The summed E-state index contributed by atoms with van der Waals surface area (Å²) in [6.45, 7) is 2.25. The van der Waals surface area contributed by atoms with Gasteiger partial charge in [0.05, 0.1) is 12.3 Å². The second kappa shape index (κ2) is 8.57. The number of hydrogen-bond donors (Lipinski definition) is 3. The van der Waals surface area contributed by atoms with Crippen LogP contribution in [0.3, 0.4) is 0 Å². The molecule has 0 bridgehead atoms. The second-order valence-electron chi connectivity index (χ2n) is 9.06. The third kappa shape index (κ3) is 4.38. The maximum Gasteiger partial charge on any atom is 0.407 e. The molecule has 178 valence electrons. The Morgan fingerprint density at radius 2 is 2.21 bits per heavy atom. The van der Waals surface area contributed by atoms with Crippen LogP contribution < -0.4 is 10.6 Å². The van der Waals surface area contributed by atoms with Crippen molar-refractivity contribution >= 4 is 23.5 Å². The molecule has 0 spiro atoms. The minimum absolute atomic E-state index is 0.193. The molecule has 3 aromatic rings. The number of nitrogens with one attached hydrogen (secondary N) is 3. The molecular formula is C22H25FN8O3. The van der Waals surface area contributed by atoms with Gasteiger partial charge < -0.3 is 20.1 Å². The van der Waals surface area contributed by atoms with Crippen LogP contribution in [-0.2, 0) is 16.1 Å². The van der Waals surface area contributed by atoms with E-state index in [0.29, 0.717) is 48.2 Å². The van der Waals surface area contributed by atoms with Gasteiger partial charge in [-0.2, -0.15) is 10.4 Å². The molecule has 0 radical (unpaired) electrons. The van der Waals surface area contributed by atoms with Gasteiger partial charge in [0, 0.05) is 42.6 Å². The average molecular weight is 468 g/mol. The fourth-order valence-corrected chi connectivity index (χ4v) is 4.21. The Morgan fingerprint density at radius 1 is 1.38 bits per heavy atom. The van der Waals surface area contributed by atoms with Gasteiger partial charge in [-0.3, -0.25) is 9.50 Å². The number of imidazole rings is 1. The molecule has 5 rings (SSSR count). The number of nitriles is 1. The van der Waals surface area contributed by atoms with Crippen molar-refractivity contribution in [1.82, 2.24) is 29.9 Å².